The Kier molecular flexibility index (Phi) is 5.69. The maximum absolute atomic E-state index is 12.5. The van der Waals surface area contributed by atoms with E-state index in [0.29, 0.717) is 25.5 Å². The lowest BCUT2D eigenvalue weighted by molar-refractivity contribution is -0.123. The second kappa shape index (κ2) is 9.14. The molecule has 0 radical (unpaired) electrons. The highest BCUT2D eigenvalue weighted by Crippen LogP contribution is 2.38. The smallest absolute Gasteiger partial charge is 0.222 e. The van der Waals surface area contributed by atoms with Crippen molar-refractivity contribution in [3.63, 3.8) is 0 Å². The molecule has 0 aromatic carbocycles. The molecule has 1 aliphatic carbocycles. The molecule has 180 valence electrons. The number of pyridine rings is 1. The summed E-state index contributed by atoms with van der Waals surface area (Å²) in [6, 6.07) is 4.21. The fourth-order valence-electron chi connectivity index (χ4n) is 5.33. The third-order valence-corrected chi connectivity index (χ3v) is 7.01. The normalized spacial score (nSPS) is 21.5. The Morgan fingerprint density at radius 1 is 1.17 bits per heavy atom. The molecular formula is C26H29N7O2. The van der Waals surface area contributed by atoms with Gasteiger partial charge in [-0.15, -0.1) is 0 Å². The predicted molar refractivity (Wildman–Crippen MR) is 135 cm³/mol. The number of rotatable bonds is 1. The van der Waals surface area contributed by atoms with Gasteiger partial charge < -0.3 is 20.8 Å². The Labute approximate surface area is 202 Å². The van der Waals surface area contributed by atoms with Gasteiger partial charge in [-0.25, -0.2) is 15.0 Å². The molecule has 6 rings (SSSR count). The second-order valence-electron chi connectivity index (χ2n) is 9.39. The molecule has 2 bridgehead atoms. The van der Waals surface area contributed by atoms with Crippen molar-refractivity contribution >= 4 is 34.4 Å². The van der Waals surface area contributed by atoms with E-state index >= 15 is 0 Å². The molecule has 2 atom stereocenters. The van der Waals surface area contributed by atoms with Gasteiger partial charge in [0.25, 0.3) is 0 Å². The topological polar surface area (TPSA) is 123 Å². The summed E-state index contributed by atoms with van der Waals surface area (Å²) in [6.45, 7) is 1.000. The summed E-state index contributed by atoms with van der Waals surface area (Å²) in [4.78, 5) is 29.9. The van der Waals surface area contributed by atoms with Crippen LogP contribution in [0.3, 0.4) is 0 Å². The molecule has 1 aliphatic heterocycles. The largest absolute Gasteiger partial charge is 0.382 e. The number of aromatic nitrogens is 5. The lowest BCUT2D eigenvalue weighted by Gasteiger charge is -2.29. The van der Waals surface area contributed by atoms with Crippen LogP contribution in [0.5, 0.6) is 0 Å². The van der Waals surface area contributed by atoms with Crippen LogP contribution < -0.4 is 11.1 Å². The highest BCUT2D eigenvalue weighted by molar-refractivity contribution is 5.90. The molecule has 4 aromatic rings. The lowest BCUT2D eigenvalue weighted by atomic mass is 9.85. The van der Waals surface area contributed by atoms with Crippen molar-refractivity contribution < 1.29 is 9.53 Å². The Balaban J connectivity index is 1.53. The Morgan fingerprint density at radius 2 is 2.11 bits per heavy atom. The number of imidazole rings is 1. The highest BCUT2D eigenvalue weighted by Gasteiger charge is 2.30. The van der Waals surface area contributed by atoms with Crippen molar-refractivity contribution in [2.24, 2.45) is 0 Å². The molecule has 35 heavy (non-hydrogen) atoms. The SMILES string of the molecule is Nc1ncc2n3c(nc(-c4cnc5[nH]ccc5c4)c13)[C@@H]1CCC[C@H](C1)NC(=O)CCOCCC=C2. The molecule has 0 spiro atoms. The molecule has 9 heteroatoms. The number of carbonyl (C=O) groups is 1. The zero-order chi connectivity index (χ0) is 23.8. The number of nitrogens with two attached hydrogens (primary N) is 1. The molecule has 1 amide bonds. The van der Waals surface area contributed by atoms with Crippen LogP contribution in [0.25, 0.3) is 33.9 Å². The van der Waals surface area contributed by atoms with Gasteiger partial charge >= 0.3 is 0 Å². The Hall–Kier alpha value is -3.72. The van der Waals surface area contributed by atoms with Gasteiger partial charge in [0, 0.05) is 41.7 Å². The number of H-pyrrole nitrogens is 1. The van der Waals surface area contributed by atoms with Gasteiger partial charge in [-0.05, 0) is 43.9 Å². The molecule has 2 aliphatic rings. The average molecular weight is 472 g/mol. The van der Waals surface area contributed by atoms with Gasteiger partial charge in [-0.3, -0.25) is 9.20 Å². The summed E-state index contributed by atoms with van der Waals surface area (Å²) in [5.41, 5.74) is 10.7. The minimum atomic E-state index is 0.0507. The summed E-state index contributed by atoms with van der Waals surface area (Å²) < 4.78 is 7.82. The molecule has 0 saturated heterocycles. The van der Waals surface area contributed by atoms with Crippen LogP contribution in [-0.2, 0) is 9.53 Å². The standard InChI is InChI=1S/C26H29N7O2/c27-24-23-22(18-12-16-7-9-28-25(16)30-14-18)32-26-17-4-3-5-19(13-17)31-21(34)8-11-35-10-2-1-6-20(15-29-24)33(23)26/h1,6-7,9,12,14-15,17,19H,2-5,8,10-11,13H2,(H2,27,29)(H,28,30)(H,31,34)/t17-,19-/m1/s1. The van der Waals surface area contributed by atoms with Crippen LogP contribution in [-0.4, -0.2) is 49.5 Å². The van der Waals surface area contributed by atoms with Crippen molar-refractivity contribution in [2.45, 2.75) is 50.5 Å². The molecule has 9 nitrogen and oxygen atoms in total. The zero-order valence-electron chi connectivity index (χ0n) is 19.5. The van der Waals surface area contributed by atoms with Crippen LogP contribution in [0, 0.1) is 0 Å². The van der Waals surface area contributed by atoms with Crippen molar-refractivity contribution in [3.8, 4) is 11.3 Å². The fraction of sp³-hybridized carbons (Fsp3) is 0.385. The van der Waals surface area contributed by atoms with Gasteiger partial charge in [0.05, 0.1) is 25.1 Å². The first-order valence-corrected chi connectivity index (χ1v) is 12.3. The number of nitrogen functional groups attached to an aromatic ring is 1. The monoisotopic (exact) mass is 471 g/mol. The number of amides is 1. The summed E-state index contributed by atoms with van der Waals surface area (Å²) in [7, 11) is 0. The first-order chi connectivity index (χ1) is 17.2. The van der Waals surface area contributed by atoms with Gasteiger partial charge in [0.2, 0.25) is 5.91 Å². The molecular weight excluding hydrogens is 442 g/mol. The predicted octanol–water partition coefficient (Wildman–Crippen LogP) is 3.82. The van der Waals surface area contributed by atoms with E-state index in [1.807, 2.05) is 24.7 Å². The van der Waals surface area contributed by atoms with Gasteiger partial charge in [-0.1, -0.05) is 12.5 Å². The van der Waals surface area contributed by atoms with E-state index < -0.39 is 0 Å². The van der Waals surface area contributed by atoms with E-state index in [-0.39, 0.29) is 17.9 Å². The highest BCUT2D eigenvalue weighted by atomic mass is 16.5. The van der Waals surface area contributed by atoms with Gasteiger partial charge in [-0.2, -0.15) is 0 Å². The molecule has 1 fully saturated rings. The number of hydrogen-bond acceptors (Lipinski definition) is 6. The lowest BCUT2D eigenvalue weighted by Crippen LogP contribution is -2.38. The van der Waals surface area contributed by atoms with Crippen LogP contribution in [0.2, 0.25) is 0 Å². The van der Waals surface area contributed by atoms with E-state index in [1.54, 1.807) is 0 Å². The number of nitrogens with zero attached hydrogens (tertiary/aromatic N) is 4. The number of nitrogens with one attached hydrogen (secondary N) is 2. The summed E-state index contributed by atoms with van der Waals surface area (Å²) in [6.07, 6.45) is 14.6. The van der Waals surface area contributed by atoms with Crippen LogP contribution in [0.4, 0.5) is 5.82 Å². The maximum Gasteiger partial charge on any atom is 0.222 e. The number of fused-ring (bicyclic) bond motifs is 4. The molecule has 5 heterocycles. The van der Waals surface area contributed by atoms with E-state index in [2.05, 4.69) is 42.9 Å². The van der Waals surface area contributed by atoms with E-state index in [1.165, 1.54) is 0 Å². The van der Waals surface area contributed by atoms with Crippen LogP contribution in [0.1, 0.15) is 56.0 Å². The first-order valence-electron chi connectivity index (χ1n) is 12.3. The first kappa shape index (κ1) is 21.8. The van der Waals surface area contributed by atoms with E-state index in [9.17, 15) is 4.79 Å². The van der Waals surface area contributed by atoms with Gasteiger partial charge in [0.1, 0.15) is 28.5 Å². The summed E-state index contributed by atoms with van der Waals surface area (Å²) in [5.74, 6) is 1.64. The molecule has 0 unspecified atom stereocenters. The number of hydrogen-bond donors (Lipinski definition) is 3. The van der Waals surface area contributed by atoms with E-state index in [0.717, 1.165) is 71.4 Å². The second-order valence-corrected chi connectivity index (χ2v) is 9.39. The minimum Gasteiger partial charge on any atom is -0.382 e. The third kappa shape index (κ3) is 4.16. The number of ether oxygens (including phenoxy) is 1. The number of carbonyl (C=O) groups excluding carboxylic acids is 1. The number of anilines is 1. The van der Waals surface area contributed by atoms with Crippen LogP contribution in [0.15, 0.2) is 36.8 Å². The maximum atomic E-state index is 12.5. The van der Waals surface area contributed by atoms with Crippen molar-refractivity contribution in [1.82, 2.24) is 29.7 Å². The quantitative estimate of drug-likeness (QED) is 0.388. The summed E-state index contributed by atoms with van der Waals surface area (Å²) in [5, 5.41) is 4.24. The van der Waals surface area contributed by atoms with Crippen molar-refractivity contribution in [3.05, 3.63) is 48.3 Å². The molecule has 4 N–H and O–H groups in total. The Bertz CT molecular complexity index is 1420. The average Bonchev–Trinajstić information content (AvgIpc) is 3.49. The molecule has 1 saturated carbocycles. The minimum absolute atomic E-state index is 0.0507. The van der Waals surface area contributed by atoms with Crippen molar-refractivity contribution in [1.29, 1.82) is 0 Å². The molecule has 4 aromatic heterocycles. The van der Waals surface area contributed by atoms with Gasteiger partial charge in [0.15, 0.2) is 0 Å². The summed E-state index contributed by atoms with van der Waals surface area (Å²) >= 11 is 0. The fourth-order valence-corrected chi connectivity index (χ4v) is 5.33. The third-order valence-electron chi connectivity index (χ3n) is 7.01. The van der Waals surface area contributed by atoms with Crippen LogP contribution >= 0.6 is 0 Å². The number of aromatic amines is 1. The zero-order valence-corrected chi connectivity index (χ0v) is 19.5. The van der Waals surface area contributed by atoms with E-state index in [4.69, 9.17) is 15.5 Å². The Morgan fingerprint density at radius 3 is 3.06 bits per heavy atom. The van der Waals surface area contributed by atoms with Crippen molar-refractivity contribution in [2.75, 3.05) is 18.9 Å².